The Morgan fingerprint density at radius 2 is 1.68 bits per heavy atom. The van der Waals surface area contributed by atoms with Gasteiger partial charge in [-0.3, -0.25) is 0 Å². The van der Waals surface area contributed by atoms with Crippen LogP contribution in [0.1, 0.15) is 17.2 Å². The Morgan fingerprint density at radius 3 is 2.37 bits per heavy atom. The first-order chi connectivity index (χ1) is 8.97. The highest BCUT2D eigenvalue weighted by Crippen LogP contribution is 2.23. The first-order valence-electron chi connectivity index (χ1n) is 5.62. The summed E-state index contributed by atoms with van der Waals surface area (Å²) in [5, 5.41) is 0. The molecule has 2 rings (SSSR count). The van der Waals surface area contributed by atoms with Crippen LogP contribution in [0, 0.1) is 17.5 Å². The van der Waals surface area contributed by atoms with Crippen molar-refractivity contribution in [3.05, 3.63) is 69.4 Å². The fourth-order valence-corrected chi connectivity index (χ4v) is 2.30. The lowest BCUT2D eigenvalue weighted by Crippen LogP contribution is -2.15. The van der Waals surface area contributed by atoms with E-state index in [4.69, 9.17) is 5.73 Å². The summed E-state index contributed by atoms with van der Waals surface area (Å²) < 4.78 is 40.4. The van der Waals surface area contributed by atoms with Gasteiger partial charge in [-0.1, -0.05) is 28.1 Å². The van der Waals surface area contributed by atoms with Gasteiger partial charge in [-0.25, -0.2) is 13.2 Å². The lowest BCUT2D eigenvalue weighted by atomic mass is 9.99. The summed E-state index contributed by atoms with van der Waals surface area (Å²) in [7, 11) is 0. The van der Waals surface area contributed by atoms with Crippen molar-refractivity contribution in [2.24, 2.45) is 5.73 Å². The van der Waals surface area contributed by atoms with E-state index in [9.17, 15) is 13.2 Å². The summed E-state index contributed by atoms with van der Waals surface area (Å²) in [4.78, 5) is 0. The van der Waals surface area contributed by atoms with Crippen LogP contribution in [0.5, 0.6) is 0 Å². The maximum atomic E-state index is 13.6. The highest BCUT2D eigenvalue weighted by molar-refractivity contribution is 9.10. The summed E-state index contributed by atoms with van der Waals surface area (Å²) in [6.07, 6.45) is 0.335. The molecule has 2 aromatic carbocycles. The van der Waals surface area contributed by atoms with Crippen molar-refractivity contribution in [2.45, 2.75) is 12.5 Å². The largest absolute Gasteiger partial charge is 0.324 e. The topological polar surface area (TPSA) is 26.0 Å². The quantitative estimate of drug-likeness (QED) is 0.842. The second kappa shape index (κ2) is 5.75. The number of benzene rings is 2. The zero-order valence-electron chi connectivity index (χ0n) is 9.84. The van der Waals surface area contributed by atoms with E-state index in [-0.39, 0.29) is 5.56 Å². The predicted octanol–water partition coefficient (Wildman–Crippen LogP) is 4.11. The van der Waals surface area contributed by atoms with Crippen LogP contribution in [-0.4, -0.2) is 0 Å². The average Bonchev–Trinajstić information content (AvgIpc) is 2.33. The van der Waals surface area contributed by atoms with E-state index >= 15 is 0 Å². The van der Waals surface area contributed by atoms with E-state index in [1.54, 1.807) is 0 Å². The molecule has 0 fully saturated rings. The van der Waals surface area contributed by atoms with Crippen LogP contribution in [0.2, 0.25) is 0 Å². The Balaban J connectivity index is 2.25. The molecule has 0 heterocycles. The van der Waals surface area contributed by atoms with E-state index in [0.29, 0.717) is 12.5 Å². The van der Waals surface area contributed by atoms with Crippen molar-refractivity contribution >= 4 is 15.9 Å². The van der Waals surface area contributed by atoms with Crippen molar-refractivity contribution in [1.82, 2.24) is 0 Å². The molecule has 0 saturated heterocycles. The Kier molecular flexibility index (Phi) is 4.27. The molecule has 2 N–H and O–H groups in total. The summed E-state index contributed by atoms with van der Waals surface area (Å²) >= 11 is 3.32. The smallest absolute Gasteiger partial charge is 0.161 e. The predicted molar refractivity (Wildman–Crippen MR) is 71.1 cm³/mol. The molecule has 1 unspecified atom stereocenters. The van der Waals surface area contributed by atoms with Crippen molar-refractivity contribution in [3.63, 3.8) is 0 Å². The molecule has 0 aromatic heterocycles. The lowest BCUT2D eigenvalue weighted by molar-refractivity contribution is 0.484. The number of nitrogens with two attached hydrogens (primary N) is 1. The monoisotopic (exact) mass is 329 g/mol. The molecule has 0 radical (unpaired) electrons. The van der Waals surface area contributed by atoms with Gasteiger partial charge in [0.1, 0.15) is 5.82 Å². The Labute approximate surface area is 117 Å². The molecule has 0 aliphatic rings. The van der Waals surface area contributed by atoms with E-state index in [1.807, 2.05) is 24.3 Å². The van der Waals surface area contributed by atoms with Crippen molar-refractivity contribution in [1.29, 1.82) is 0 Å². The van der Waals surface area contributed by atoms with Gasteiger partial charge in [0.05, 0.1) is 0 Å². The van der Waals surface area contributed by atoms with Gasteiger partial charge in [0.2, 0.25) is 0 Å². The molecule has 0 aliphatic heterocycles. The molecule has 0 spiro atoms. The van der Waals surface area contributed by atoms with Gasteiger partial charge in [0.15, 0.2) is 11.6 Å². The number of hydrogen-bond acceptors (Lipinski definition) is 1. The first kappa shape index (κ1) is 14.1. The zero-order chi connectivity index (χ0) is 14.0. The number of rotatable bonds is 3. The molecule has 100 valence electrons. The Morgan fingerprint density at radius 1 is 1.00 bits per heavy atom. The molecule has 0 aliphatic carbocycles. The van der Waals surface area contributed by atoms with Crippen LogP contribution >= 0.6 is 15.9 Å². The highest BCUT2D eigenvalue weighted by Gasteiger charge is 2.16. The molecule has 1 atom stereocenters. The van der Waals surface area contributed by atoms with Gasteiger partial charge in [-0.15, -0.1) is 0 Å². The normalized spacial score (nSPS) is 12.5. The summed E-state index contributed by atoms with van der Waals surface area (Å²) in [5.74, 6) is -3.14. The molecule has 2 aromatic rings. The third kappa shape index (κ3) is 3.36. The molecule has 5 heteroatoms. The maximum absolute atomic E-state index is 13.6. The molecular formula is C14H11BrF3N. The Bertz CT molecular complexity index is 601. The second-order valence-electron chi connectivity index (χ2n) is 4.23. The van der Waals surface area contributed by atoms with E-state index in [1.165, 1.54) is 0 Å². The summed E-state index contributed by atoms with van der Waals surface area (Å²) in [6, 6.07) is 7.96. The third-order valence-corrected chi connectivity index (χ3v) is 3.28. The first-order valence-corrected chi connectivity index (χ1v) is 6.41. The van der Waals surface area contributed by atoms with Crippen LogP contribution < -0.4 is 5.73 Å². The van der Waals surface area contributed by atoms with Crippen LogP contribution in [0.4, 0.5) is 13.2 Å². The van der Waals surface area contributed by atoms with Crippen molar-refractivity contribution < 1.29 is 13.2 Å². The highest BCUT2D eigenvalue weighted by atomic mass is 79.9. The molecular weight excluding hydrogens is 319 g/mol. The molecule has 0 amide bonds. The SMILES string of the molecule is NC(Cc1cccc(Br)c1)c1cc(F)c(F)cc1F. The summed E-state index contributed by atoms with van der Waals surface area (Å²) in [6.45, 7) is 0. The minimum Gasteiger partial charge on any atom is -0.324 e. The average molecular weight is 330 g/mol. The molecule has 1 nitrogen and oxygen atoms in total. The van der Waals surface area contributed by atoms with Crippen LogP contribution in [-0.2, 0) is 6.42 Å². The Hall–Kier alpha value is -1.33. The molecule has 0 saturated carbocycles. The zero-order valence-corrected chi connectivity index (χ0v) is 11.4. The van der Waals surface area contributed by atoms with Gasteiger partial charge in [0.25, 0.3) is 0 Å². The summed E-state index contributed by atoms with van der Waals surface area (Å²) in [5.41, 5.74) is 6.70. The van der Waals surface area contributed by atoms with Gasteiger partial charge < -0.3 is 5.73 Å². The van der Waals surface area contributed by atoms with E-state index in [0.717, 1.165) is 16.1 Å². The lowest BCUT2D eigenvalue weighted by Gasteiger charge is -2.13. The second-order valence-corrected chi connectivity index (χ2v) is 5.14. The maximum Gasteiger partial charge on any atom is 0.161 e. The molecule has 0 bridgehead atoms. The standard InChI is InChI=1S/C14H11BrF3N/c15-9-3-1-2-8(4-9)5-14(19)10-6-12(17)13(18)7-11(10)16/h1-4,6-7,14H,5,19H2. The number of halogens is 4. The van der Waals surface area contributed by atoms with Crippen molar-refractivity contribution in [2.75, 3.05) is 0 Å². The van der Waals surface area contributed by atoms with Crippen LogP contribution in [0.15, 0.2) is 40.9 Å². The fourth-order valence-electron chi connectivity index (χ4n) is 1.85. The van der Waals surface area contributed by atoms with Crippen LogP contribution in [0.3, 0.4) is 0 Å². The number of hydrogen-bond donors (Lipinski definition) is 1. The fraction of sp³-hybridized carbons (Fsp3) is 0.143. The molecule has 19 heavy (non-hydrogen) atoms. The minimum atomic E-state index is -1.21. The van der Waals surface area contributed by atoms with Crippen molar-refractivity contribution in [3.8, 4) is 0 Å². The third-order valence-electron chi connectivity index (χ3n) is 2.78. The van der Waals surface area contributed by atoms with Crippen LogP contribution in [0.25, 0.3) is 0 Å². The van der Waals surface area contributed by atoms with Gasteiger partial charge in [-0.05, 0) is 30.2 Å². The van der Waals surface area contributed by atoms with Gasteiger partial charge in [-0.2, -0.15) is 0 Å². The van der Waals surface area contributed by atoms with E-state index < -0.39 is 23.5 Å². The van der Waals surface area contributed by atoms with E-state index in [2.05, 4.69) is 15.9 Å². The van der Waals surface area contributed by atoms with Gasteiger partial charge in [0, 0.05) is 22.1 Å². The minimum absolute atomic E-state index is 0.0288. The van der Waals surface area contributed by atoms with Gasteiger partial charge >= 0.3 is 0 Å².